The van der Waals surface area contributed by atoms with Crippen LogP contribution in [0.15, 0.2) is 22.7 Å². The van der Waals surface area contributed by atoms with Crippen LogP contribution in [-0.4, -0.2) is 33.3 Å². The molecule has 0 amide bonds. The molecule has 1 aromatic rings. The number of halogens is 1. The van der Waals surface area contributed by atoms with Crippen LogP contribution < -0.4 is 15.0 Å². The topological polar surface area (TPSA) is 24.5 Å². The summed E-state index contributed by atoms with van der Waals surface area (Å²) < 4.78 is 6.86. The number of hydrogen-bond donors (Lipinski definition) is 1. The molecular weight excluding hydrogens is 268 g/mol. The number of nitrogens with zero attached hydrogens (tertiary/aromatic N) is 1. The van der Waals surface area contributed by atoms with Crippen molar-refractivity contribution in [2.24, 2.45) is 0 Å². The molecule has 88 valence electrons. The molecule has 3 nitrogen and oxygen atoms in total. The Bertz CT molecular complexity index is 370. The van der Waals surface area contributed by atoms with Gasteiger partial charge in [0, 0.05) is 11.5 Å². The summed E-state index contributed by atoms with van der Waals surface area (Å²) in [5.41, 5.74) is 1.17. The van der Waals surface area contributed by atoms with Crippen molar-refractivity contribution in [2.45, 2.75) is 12.5 Å². The van der Waals surface area contributed by atoms with Gasteiger partial charge in [0.2, 0.25) is 0 Å². The van der Waals surface area contributed by atoms with Crippen molar-refractivity contribution >= 4 is 21.6 Å². The van der Waals surface area contributed by atoms with E-state index in [1.807, 2.05) is 19.2 Å². The Morgan fingerprint density at radius 1 is 1.56 bits per heavy atom. The van der Waals surface area contributed by atoms with E-state index < -0.39 is 0 Å². The largest absolute Gasteiger partial charge is 0.489 e. The van der Waals surface area contributed by atoms with Gasteiger partial charge in [-0.25, -0.2) is 0 Å². The molecule has 1 unspecified atom stereocenters. The van der Waals surface area contributed by atoms with Crippen molar-refractivity contribution in [1.82, 2.24) is 5.32 Å². The van der Waals surface area contributed by atoms with Gasteiger partial charge in [-0.2, -0.15) is 0 Å². The van der Waals surface area contributed by atoms with E-state index in [-0.39, 0.29) is 0 Å². The summed E-state index contributed by atoms with van der Waals surface area (Å²) >= 11 is 3.50. The van der Waals surface area contributed by atoms with E-state index in [0.717, 1.165) is 29.8 Å². The van der Waals surface area contributed by atoms with E-state index in [2.05, 4.69) is 39.3 Å². The Kier molecular flexibility index (Phi) is 3.71. The highest BCUT2D eigenvalue weighted by Gasteiger charge is 2.24. The minimum atomic E-state index is 0.453. The number of benzene rings is 1. The average Bonchev–Trinajstić information content (AvgIpc) is 2.29. The maximum absolute atomic E-state index is 5.77. The van der Waals surface area contributed by atoms with E-state index in [1.54, 1.807) is 0 Å². The summed E-state index contributed by atoms with van der Waals surface area (Å²) in [5, 5.41) is 3.18. The van der Waals surface area contributed by atoms with E-state index in [0.29, 0.717) is 6.04 Å². The molecule has 1 aliphatic rings. The third-order valence-corrected chi connectivity index (χ3v) is 3.50. The van der Waals surface area contributed by atoms with Crippen LogP contribution in [0.2, 0.25) is 0 Å². The molecular formula is C12H17BrN2O. The Morgan fingerprint density at radius 3 is 3.12 bits per heavy atom. The second-order valence-corrected chi connectivity index (χ2v) is 5.00. The first-order chi connectivity index (χ1) is 7.72. The quantitative estimate of drug-likeness (QED) is 0.922. The van der Waals surface area contributed by atoms with E-state index >= 15 is 0 Å². The fraction of sp³-hybridized carbons (Fsp3) is 0.500. The second kappa shape index (κ2) is 5.06. The summed E-state index contributed by atoms with van der Waals surface area (Å²) in [5.74, 6) is 0.978. The highest BCUT2D eigenvalue weighted by atomic mass is 79.9. The van der Waals surface area contributed by atoms with Gasteiger partial charge in [0.15, 0.2) is 0 Å². The molecule has 16 heavy (non-hydrogen) atoms. The number of ether oxygens (including phenoxy) is 1. The van der Waals surface area contributed by atoms with Crippen LogP contribution in [-0.2, 0) is 0 Å². The molecule has 4 heteroatoms. The summed E-state index contributed by atoms with van der Waals surface area (Å²) in [4.78, 5) is 2.31. The molecule has 2 rings (SSSR count). The minimum absolute atomic E-state index is 0.453. The zero-order valence-electron chi connectivity index (χ0n) is 9.66. The fourth-order valence-corrected chi connectivity index (χ4v) is 2.32. The van der Waals surface area contributed by atoms with Crippen LogP contribution in [0.25, 0.3) is 0 Å². The monoisotopic (exact) mass is 284 g/mol. The van der Waals surface area contributed by atoms with E-state index in [9.17, 15) is 0 Å². The van der Waals surface area contributed by atoms with Gasteiger partial charge >= 0.3 is 0 Å². The zero-order chi connectivity index (χ0) is 11.5. The molecule has 1 atom stereocenters. The average molecular weight is 285 g/mol. The standard InChI is InChI=1S/C12H17BrN2O/c1-14-6-5-10-8-16-12-4-3-9(13)7-11(12)15(10)2/h3-4,7,10,14H,5-6,8H2,1-2H3. The molecule has 0 aliphatic carbocycles. The lowest BCUT2D eigenvalue weighted by atomic mass is 10.1. The number of rotatable bonds is 3. The molecule has 0 aromatic heterocycles. The van der Waals surface area contributed by atoms with Crippen LogP contribution in [0.5, 0.6) is 5.75 Å². The lowest BCUT2D eigenvalue weighted by molar-refractivity contribution is 0.259. The molecule has 1 N–H and O–H groups in total. The second-order valence-electron chi connectivity index (χ2n) is 4.08. The van der Waals surface area contributed by atoms with Gasteiger partial charge in [-0.15, -0.1) is 0 Å². The summed E-state index contributed by atoms with van der Waals surface area (Å²) in [6.07, 6.45) is 1.10. The molecule has 0 bridgehead atoms. The van der Waals surface area contributed by atoms with Crippen LogP contribution in [0.1, 0.15) is 6.42 Å². The summed E-state index contributed by atoms with van der Waals surface area (Å²) in [6, 6.07) is 6.60. The van der Waals surface area contributed by atoms with Gasteiger partial charge in [0.1, 0.15) is 12.4 Å². The van der Waals surface area contributed by atoms with E-state index in [1.165, 1.54) is 5.69 Å². The van der Waals surface area contributed by atoms with Gasteiger partial charge < -0.3 is 15.0 Å². The Morgan fingerprint density at radius 2 is 2.38 bits per heavy atom. The van der Waals surface area contributed by atoms with Gasteiger partial charge in [-0.1, -0.05) is 15.9 Å². The van der Waals surface area contributed by atoms with Crippen LogP contribution in [0.4, 0.5) is 5.69 Å². The van der Waals surface area contributed by atoms with Crippen molar-refractivity contribution in [3.05, 3.63) is 22.7 Å². The van der Waals surface area contributed by atoms with Gasteiger partial charge in [0.25, 0.3) is 0 Å². The SMILES string of the molecule is CNCCC1COc2ccc(Br)cc2N1C. The summed E-state index contributed by atoms with van der Waals surface area (Å²) in [6.45, 7) is 1.79. The van der Waals surface area contributed by atoms with E-state index in [4.69, 9.17) is 4.74 Å². The predicted octanol–water partition coefficient (Wildman–Crippen LogP) is 2.26. The smallest absolute Gasteiger partial charge is 0.142 e. The van der Waals surface area contributed by atoms with Crippen molar-refractivity contribution in [3.63, 3.8) is 0 Å². The number of nitrogens with one attached hydrogen (secondary N) is 1. The molecule has 0 saturated carbocycles. The van der Waals surface area contributed by atoms with Crippen LogP contribution in [0, 0.1) is 0 Å². The first-order valence-electron chi connectivity index (χ1n) is 5.52. The fourth-order valence-electron chi connectivity index (χ4n) is 1.97. The predicted molar refractivity (Wildman–Crippen MR) is 70.4 cm³/mol. The van der Waals surface area contributed by atoms with Crippen LogP contribution in [0.3, 0.4) is 0 Å². The van der Waals surface area contributed by atoms with Crippen molar-refractivity contribution in [1.29, 1.82) is 0 Å². The maximum atomic E-state index is 5.77. The Hall–Kier alpha value is -0.740. The number of hydrogen-bond acceptors (Lipinski definition) is 3. The lowest BCUT2D eigenvalue weighted by Gasteiger charge is -2.36. The van der Waals surface area contributed by atoms with Gasteiger partial charge in [0.05, 0.1) is 11.7 Å². The normalized spacial score (nSPS) is 19.2. The minimum Gasteiger partial charge on any atom is -0.489 e. The third-order valence-electron chi connectivity index (χ3n) is 3.01. The summed E-state index contributed by atoms with van der Waals surface area (Å²) in [7, 11) is 4.11. The maximum Gasteiger partial charge on any atom is 0.142 e. The lowest BCUT2D eigenvalue weighted by Crippen LogP contribution is -2.41. The highest BCUT2D eigenvalue weighted by molar-refractivity contribution is 9.10. The number of likely N-dealkylation sites (N-methyl/N-ethyl adjacent to an activating group) is 1. The zero-order valence-corrected chi connectivity index (χ0v) is 11.3. The molecule has 0 radical (unpaired) electrons. The Balaban J connectivity index is 2.17. The molecule has 1 heterocycles. The Labute approximate surface area is 105 Å². The van der Waals surface area contributed by atoms with Crippen LogP contribution >= 0.6 is 15.9 Å². The van der Waals surface area contributed by atoms with Crippen molar-refractivity contribution in [3.8, 4) is 5.75 Å². The first-order valence-corrected chi connectivity index (χ1v) is 6.31. The van der Waals surface area contributed by atoms with Crippen molar-refractivity contribution in [2.75, 3.05) is 32.1 Å². The molecule has 0 saturated heterocycles. The highest BCUT2D eigenvalue weighted by Crippen LogP contribution is 2.35. The van der Waals surface area contributed by atoms with Crippen molar-refractivity contribution < 1.29 is 4.74 Å². The molecule has 1 aromatic carbocycles. The van der Waals surface area contributed by atoms with Gasteiger partial charge in [-0.05, 0) is 38.2 Å². The third kappa shape index (κ3) is 2.33. The molecule has 0 fully saturated rings. The molecule has 0 spiro atoms. The molecule has 1 aliphatic heterocycles. The number of anilines is 1. The van der Waals surface area contributed by atoms with Gasteiger partial charge in [-0.3, -0.25) is 0 Å². The number of fused-ring (bicyclic) bond motifs is 1. The first kappa shape index (κ1) is 11.7.